The van der Waals surface area contributed by atoms with E-state index < -0.39 is 0 Å². The molecule has 3 aromatic carbocycles. The summed E-state index contributed by atoms with van der Waals surface area (Å²) in [5.41, 5.74) is 3.70. The van der Waals surface area contributed by atoms with Crippen molar-refractivity contribution in [2.45, 2.75) is 51.1 Å². The minimum Gasteiger partial charge on any atom is -0.465 e. The normalized spacial score (nSPS) is 20.2. The van der Waals surface area contributed by atoms with Gasteiger partial charge in [0.2, 0.25) is 0 Å². The summed E-state index contributed by atoms with van der Waals surface area (Å²) >= 11 is 0. The maximum atomic E-state index is 13.3. The Balaban J connectivity index is 1.33. The third-order valence-corrected chi connectivity index (χ3v) is 6.46. The number of ether oxygens (including phenoxy) is 4. The third kappa shape index (κ3) is 6.42. The first-order valence-corrected chi connectivity index (χ1v) is 12.8. The molecule has 0 spiro atoms. The Bertz CT molecular complexity index is 1160. The average Bonchev–Trinajstić information content (AvgIpc) is 2.94. The second-order valence-electron chi connectivity index (χ2n) is 9.17. The van der Waals surface area contributed by atoms with Gasteiger partial charge in [-0.05, 0) is 66.6 Å². The summed E-state index contributed by atoms with van der Waals surface area (Å²) in [6, 6.07) is 23.8. The number of hydrogen-bond donors (Lipinski definition) is 0. The van der Waals surface area contributed by atoms with Gasteiger partial charge in [0.1, 0.15) is 11.5 Å². The summed E-state index contributed by atoms with van der Waals surface area (Å²) in [7, 11) is 0. The highest BCUT2D eigenvalue weighted by Crippen LogP contribution is 2.30. The van der Waals surface area contributed by atoms with Crippen LogP contribution in [0.15, 0.2) is 78.9 Å². The van der Waals surface area contributed by atoms with Gasteiger partial charge >= 0.3 is 0 Å². The molecule has 36 heavy (non-hydrogen) atoms. The van der Waals surface area contributed by atoms with Gasteiger partial charge in [0.15, 0.2) is 18.4 Å². The Kier molecular flexibility index (Phi) is 8.11. The fourth-order valence-electron chi connectivity index (χ4n) is 4.46. The summed E-state index contributed by atoms with van der Waals surface area (Å²) in [5.74, 6) is 0.957. The first-order chi connectivity index (χ1) is 17.7. The van der Waals surface area contributed by atoms with Crippen molar-refractivity contribution in [2.75, 3.05) is 13.2 Å². The van der Waals surface area contributed by atoms with Crippen LogP contribution in [0.4, 0.5) is 0 Å². The number of rotatable bonds is 8. The monoisotopic (exact) mass is 484 g/mol. The smallest absolute Gasteiger partial charge is 0.199 e. The van der Waals surface area contributed by atoms with Gasteiger partial charge in [0.25, 0.3) is 0 Å². The van der Waals surface area contributed by atoms with Crippen molar-refractivity contribution in [1.82, 2.24) is 0 Å². The Hall–Kier alpha value is -3.41. The van der Waals surface area contributed by atoms with Crippen LogP contribution < -0.4 is 9.47 Å². The first-order valence-electron chi connectivity index (χ1n) is 12.8. The standard InChI is InChI=1S/C31H32O5/c32-28(18-14-23-12-15-25(16-13-23)24-8-2-1-3-9-24)27-22-26(35-30-10-4-6-20-33-30)17-19-29(27)36-31-11-5-7-21-34-31/h1-3,8-9,12-19,22,30-31H,4-7,10-11,20-21H2/b18-14+. The predicted octanol–water partition coefficient (Wildman–Crippen LogP) is 7.06. The number of ketones is 1. The highest BCUT2D eigenvalue weighted by atomic mass is 16.7. The van der Waals surface area contributed by atoms with Crippen LogP contribution in [0.1, 0.15) is 54.4 Å². The van der Waals surface area contributed by atoms with Crippen LogP contribution in [-0.2, 0) is 9.47 Å². The molecule has 2 aliphatic heterocycles. The lowest BCUT2D eigenvalue weighted by atomic mass is 10.0. The molecule has 5 nitrogen and oxygen atoms in total. The van der Waals surface area contributed by atoms with Crippen molar-refractivity contribution < 1.29 is 23.7 Å². The summed E-state index contributed by atoms with van der Waals surface area (Å²) in [6.07, 6.45) is 8.65. The zero-order valence-corrected chi connectivity index (χ0v) is 20.4. The molecule has 2 fully saturated rings. The molecule has 0 amide bonds. The largest absolute Gasteiger partial charge is 0.465 e. The Morgan fingerprint density at radius 2 is 1.42 bits per heavy atom. The lowest BCUT2D eigenvalue weighted by Crippen LogP contribution is -2.26. The van der Waals surface area contributed by atoms with Gasteiger partial charge in [0, 0.05) is 12.8 Å². The molecule has 2 atom stereocenters. The molecule has 0 aromatic heterocycles. The molecule has 5 rings (SSSR count). The summed E-state index contributed by atoms with van der Waals surface area (Å²) in [5, 5.41) is 0. The third-order valence-electron chi connectivity index (χ3n) is 6.46. The SMILES string of the molecule is O=C(/C=C/c1ccc(-c2ccccc2)cc1)c1cc(OC2CCCCO2)ccc1OC1CCCCO1. The van der Waals surface area contributed by atoms with Crippen LogP contribution >= 0.6 is 0 Å². The van der Waals surface area contributed by atoms with Crippen molar-refractivity contribution in [3.05, 3.63) is 90.0 Å². The molecule has 2 saturated heterocycles. The molecular weight excluding hydrogens is 452 g/mol. The van der Waals surface area contributed by atoms with Crippen LogP contribution in [0.3, 0.4) is 0 Å². The van der Waals surface area contributed by atoms with E-state index in [1.807, 2.05) is 42.5 Å². The van der Waals surface area contributed by atoms with Gasteiger partial charge in [0.05, 0.1) is 18.8 Å². The van der Waals surface area contributed by atoms with E-state index in [9.17, 15) is 4.79 Å². The highest BCUT2D eigenvalue weighted by molar-refractivity contribution is 6.09. The van der Waals surface area contributed by atoms with E-state index in [-0.39, 0.29) is 18.4 Å². The van der Waals surface area contributed by atoms with Crippen molar-refractivity contribution in [1.29, 1.82) is 0 Å². The Morgan fingerprint density at radius 1 is 0.750 bits per heavy atom. The first kappa shape index (κ1) is 24.3. The van der Waals surface area contributed by atoms with Crippen LogP contribution in [0.5, 0.6) is 11.5 Å². The topological polar surface area (TPSA) is 54.0 Å². The number of allylic oxidation sites excluding steroid dienone is 1. The van der Waals surface area contributed by atoms with Crippen molar-refractivity contribution in [2.24, 2.45) is 0 Å². The number of hydrogen-bond acceptors (Lipinski definition) is 5. The molecule has 2 aliphatic rings. The Labute approximate surface area is 212 Å². The lowest BCUT2D eigenvalue weighted by molar-refractivity contribution is -0.107. The van der Waals surface area contributed by atoms with E-state index in [1.165, 1.54) is 0 Å². The molecule has 0 N–H and O–H groups in total. The van der Waals surface area contributed by atoms with Gasteiger partial charge in [-0.2, -0.15) is 0 Å². The van der Waals surface area contributed by atoms with E-state index in [0.29, 0.717) is 30.3 Å². The van der Waals surface area contributed by atoms with E-state index in [2.05, 4.69) is 24.3 Å². The van der Waals surface area contributed by atoms with Crippen molar-refractivity contribution >= 4 is 11.9 Å². The van der Waals surface area contributed by atoms with Crippen molar-refractivity contribution in [3.8, 4) is 22.6 Å². The zero-order chi connectivity index (χ0) is 24.6. The molecule has 3 aromatic rings. The summed E-state index contributed by atoms with van der Waals surface area (Å²) in [6.45, 7) is 1.37. The highest BCUT2D eigenvalue weighted by Gasteiger charge is 2.21. The molecule has 0 radical (unpaired) electrons. The van der Waals surface area contributed by atoms with Gasteiger partial charge in [-0.1, -0.05) is 60.7 Å². The van der Waals surface area contributed by atoms with Gasteiger partial charge in [-0.3, -0.25) is 4.79 Å². The van der Waals surface area contributed by atoms with Crippen LogP contribution in [0, 0.1) is 0 Å². The van der Waals surface area contributed by atoms with E-state index >= 15 is 0 Å². The van der Waals surface area contributed by atoms with Crippen molar-refractivity contribution in [3.63, 3.8) is 0 Å². The Morgan fingerprint density at radius 3 is 2.08 bits per heavy atom. The van der Waals surface area contributed by atoms with Gasteiger partial charge < -0.3 is 18.9 Å². The van der Waals surface area contributed by atoms with Gasteiger partial charge in [-0.15, -0.1) is 0 Å². The molecule has 0 bridgehead atoms. The minimum absolute atomic E-state index is 0.150. The van der Waals surface area contributed by atoms with Gasteiger partial charge in [-0.25, -0.2) is 0 Å². The summed E-state index contributed by atoms with van der Waals surface area (Å²) in [4.78, 5) is 13.3. The second kappa shape index (κ2) is 12.0. The molecule has 2 unspecified atom stereocenters. The van der Waals surface area contributed by atoms with Crippen LogP contribution in [-0.4, -0.2) is 31.6 Å². The predicted molar refractivity (Wildman–Crippen MR) is 140 cm³/mol. The fourth-order valence-corrected chi connectivity index (χ4v) is 4.46. The minimum atomic E-state index is -0.340. The van der Waals surface area contributed by atoms with E-state index in [0.717, 1.165) is 55.2 Å². The zero-order valence-electron chi connectivity index (χ0n) is 20.4. The van der Waals surface area contributed by atoms with E-state index in [1.54, 1.807) is 18.2 Å². The number of benzene rings is 3. The quantitative estimate of drug-likeness (QED) is 0.253. The van der Waals surface area contributed by atoms with E-state index in [4.69, 9.17) is 18.9 Å². The molecule has 5 heteroatoms. The second-order valence-corrected chi connectivity index (χ2v) is 9.17. The average molecular weight is 485 g/mol. The molecule has 0 saturated carbocycles. The molecule has 2 heterocycles. The maximum Gasteiger partial charge on any atom is 0.199 e. The molecular formula is C31H32O5. The van der Waals surface area contributed by atoms with Crippen LogP contribution in [0.25, 0.3) is 17.2 Å². The lowest BCUT2D eigenvalue weighted by Gasteiger charge is -2.25. The number of carbonyl (C=O) groups excluding carboxylic acids is 1. The molecule has 186 valence electrons. The molecule has 0 aliphatic carbocycles. The maximum absolute atomic E-state index is 13.3. The summed E-state index contributed by atoms with van der Waals surface area (Å²) < 4.78 is 23.6. The fraction of sp³-hybridized carbons (Fsp3) is 0.323. The van der Waals surface area contributed by atoms with Crippen LogP contribution in [0.2, 0.25) is 0 Å². The number of carbonyl (C=O) groups is 1.